The van der Waals surface area contributed by atoms with Crippen molar-refractivity contribution in [1.82, 2.24) is 5.32 Å². The number of ether oxygens (including phenoxy) is 1. The first-order chi connectivity index (χ1) is 13.5. The van der Waals surface area contributed by atoms with Gasteiger partial charge in [-0.1, -0.05) is 23.7 Å². The van der Waals surface area contributed by atoms with Gasteiger partial charge in [-0.3, -0.25) is 9.59 Å². The summed E-state index contributed by atoms with van der Waals surface area (Å²) < 4.78 is 4.96. The number of hydrogen-bond donors (Lipinski definition) is 2. The number of anilines is 1. The first-order valence-electron chi connectivity index (χ1n) is 8.85. The van der Waals surface area contributed by atoms with E-state index in [1.54, 1.807) is 36.3 Å². The number of amides is 2. The number of fused-ring (bicyclic) bond motifs is 1. The molecule has 1 heterocycles. The zero-order valence-electron chi connectivity index (χ0n) is 15.9. The van der Waals surface area contributed by atoms with Crippen molar-refractivity contribution in [1.29, 1.82) is 0 Å². The van der Waals surface area contributed by atoms with Gasteiger partial charge in [0.25, 0.3) is 5.91 Å². The van der Waals surface area contributed by atoms with Crippen molar-refractivity contribution < 1.29 is 14.3 Å². The molecule has 0 saturated heterocycles. The molecule has 0 unspecified atom stereocenters. The van der Waals surface area contributed by atoms with E-state index in [-0.39, 0.29) is 24.2 Å². The molecule has 9 heteroatoms. The Morgan fingerprint density at radius 3 is 2.72 bits per heavy atom. The number of halogens is 2. The van der Waals surface area contributed by atoms with Crippen molar-refractivity contribution in [3.05, 3.63) is 58.6 Å². The van der Waals surface area contributed by atoms with Gasteiger partial charge in [0.1, 0.15) is 0 Å². The first-order valence-corrected chi connectivity index (χ1v) is 10.2. The Labute approximate surface area is 185 Å². The summed E-state index contributed by atoms with van der Waals surface area (Å²) in [7, 11) is 1.58. The highest BCUT2D eigenvalue weighted by Gasteiger charge is 2.29. The summed E-state index contributed by atoms with van der Waals surface area (Å²) in [6.07, 6.45) is 0. The highest BCUT2D eigenvalue weighted by molar-refractivity contribution is 7.99. The second-order valence-electron chi connectivity index (χ2n) is 6.40. The van der Waals surface area contributed by atoms with Gasteiger partial charge >= 0.3 is 0 Å². The number of thioether (sulfide) groups is 1. The van der Waals surface area contributed by atoms with Crippen LogP contribution in [-0.2, 0) is 16.1 Å². The smallest absolute Gasteiger partial charge is 0.251 e. The van der Waals surface area contributed by atoms with Gasteiger partial charge in [0.05, 0.1) is 24.9 Å². The molecule has 0 fully saturated rings. The first kappa shape index (κ1) is 23.5. The minimum atomic E-state index is -0.608. The zero-order chi connectivity index (χ0) is 20.1. The molecule has 156 valence electrons. The number of methoxy groups -OCH3 is 1. The van der Waals surface area contributed by atoms with E-state index in [9.17, 15) is 9.59 Å². The number of benzene rings is 2. The molecule has 2 amide bonds. The molecule has 1 atom stereocenters. The standard InChI is InChI=1S/C20H22ClN3O3S.ClH/c1-27-9-8-23-19(25)14-4-7-18-17(10-14)24(20(26)16(22)12-28-18)11-13-2-5-15(21)6-3-13;/h2-7,10,16H,8-9,11-12,22H2,1H3,(H,23,25);1H/t16-;/m0./s1. The SMILES string of the molecule is COCCNC(=O)c1ccc2c(c1)N(Cc1ccc(Cl)cc1)C(=O)[C@@H](N)CS2.Cl. The predicted molar refractivity (Wildman–Crippen MR) is 119 cm³/mol. The summed E-state index contributed by atoms with van der Waals surface area (Å²) in [4.78, 5) is 27.9. The van der Waals surface area contributed by atoms with E-state index in [0.717, 1.165) is 10.5 Å². The van der Waals surface area contributed by atoms with Gasteiger partial charge < -0.3 is 20.7 Å². The van der Waals surface area contributed by atoms with Crippen LogP contribution in [0.15, 0.2) is 47.4 Å². The maximum Gasteiger partial charge on any atom is 0.251 e. The van der Waals surface area contributed by atoms with Gasteiger partial charge in [-0.05, 0) is 35.9 Å². The zero-order valence-corrected chi connectivity index (χ0v) is 18.3. The van der Waals surface area contributed by atoms with Gasteiger partial charge in [0.15, 0.2) is 0 Å². The lowest BCUT2D eigenvalue weighted by molar-refractivity contribution is -0.119. The van der Waals surface area contributed by atoms with Crippen molar-refractivity contribution in [2.24, 2.45) is 5.73 Å². The Hall–Kier alpha value is -1.77. The molecule has 1 aliphatic rings. The van der Waals surface area contributed by atoms with E-state index >= 15 is 0 Å². The van der Waals surface area contributed by atoms with Crippen LogP contribution in [0.25, 0.3) is 0 Å². The van der Waals surface area contributed by atoms with Crippen LogP contribution >= 0.6 is 35.8 Å². The van der Waals surface area contributed by atoms with E-state index in [1.165, 1.54) is 11.8 Å². The van der Waals surface area contributed by atoms with Crippen LogP contribution < -0.4 is 16.0 Å². The van der Waals surface area contributed by atoms with Crippen LogP contribution in [0.5, 0.6) is 0 Å². The molecule has 0 bridgehead atoms. The van der Waals surface area contributed by atoms with Gasteiger partial charge in [-0.15, -0.1) is 24.2 Å². The number of nitrogens with two attached hydrogens (primary N) is 1. The number of hydrogen-bond acceptors (Lipinski definition) is 5. The maximum atomic E-state index is 12.9. The van der Waals surface area contributed by atoms with E-state index in [2.05, 4.69) is 5.32 Å². The lowest BCUT2D eigenvalue weighted by Gasteiger charge is -2.25. The fourth-order valence-corrected chi connectivity index (χ4v) is 3.97. The quantitative estimate of drug-likeness (QED) is 0.653. The number of carbonyl (C=O) groups excluding carboxylic acids is 2. The van der Waals surface area contributed by atoms with Crippen molar-refractivity contribution in [2.75, 3.05) is 30.9 Å². The lowest BCUT2D eigenvalue weighted by atomic mass is 10.1. The fourth-order valence-electron chi connectivity index (χ4n) is 2.87. The Bertz CT molecular complexity index is 865. The van der Waals surface area contributed by atoms with Crippen LogP contribution in [0.4, 0.5) is 5.69 Å². The molecule has 2 aromatic carbocycles. The Morgan fingerprint density at radius 1 is 1.31 bits per heavy atom. The number of rotatable bonds is 6. The Morgan fingerprint density at radius 2 is 2.03 bits per heavy atom. The van der Waals surface area contributed by atoms with Crippen LogP contribution in [-0.4, -0.2) is 43.9 Å². The molecule has 0 radical (unpaired) electrons. The van der Waals surface area contributed by atoms with Gasteiger partial charge in [-0.2, -0.15) is 0 Å². The molecule has 0 saturated carbocycles. The normalized spacial score (nSPS) is 15.9. The largest absolute Gasteiger partial charge is 0.383 e. The van der Waals surface area contributed by atoms with Gasteiger partial charge in [0.2, 0.25) is 5.91 Å². The van der Waals surface area contributed by atoms with Crippen molar-refractivity contribution in [2.45, 2.75) is 17.5 Å². The third-order valence-corrected chi connectivity index (χ3v) is 5.79. The average Bonchev–Trinajstić information content (AvgIpc) is 2.81. The Balaban J connectivity index is 0.00000300. The van der Waals surface area contributed by atoms with E-state index < -0.39 is 6.04 Å². The van der Waals surface area contributed by atoms with Crippen LogP contribution in [0.2, 0.25) is 5.02 Å². The van der Waals surface area contributed by atoms with Gasteiger partial charge in [-0.25, -0.2) is 0 Å². The average molecular weight is 456 g/mol. The van der Waals surface area contributed by atoms with Crippen LogP contribution in [0.3, 0.4) is 0 Å². The minimum absolute atomic E-state index is 0. The number of nitrogens with zero attached hydrogens (tertiary/aromatic N) is 1. The highest BCUT2D eigenvalue weighted by atomic mass is 35.5. The van der Waals surface area contributed by atoms with E-state index in [1.807, 2.05) is 18.2 Å². The van der Waals surface area contributed by atoms with Crippen molar-refractivity contribution >= 4 is 53.3 Å². The molecule has 3 rings (SSSR count). The molecule has 29 heavy (non-hydrogen) atoms. The van der Waals surface area contributed by atoms with E-state index in [0.29, 0.717) is 41.7 Å². The number of carbonyl (C=O) groups is 2. The molecule has 0 spiro atoms. The molecular weight excluding hydrogens is 433 g/mol. The predicted octanol–water partition coefficient (Wildman–Crippen LogP) is 3.10. The molecule has 0 aliphatic carbocycles. The molecule has 0 aromatic heterocycles. The molecule has 1 aliphatic heterocycles. The summed E-state index contributed by atoms with van der Waals surface area (Å²) >= 11 is 7.48. The van der Waals surface area contributed by atoms with Crippen molar-refractivity contribution in [3.63, 3.8) is 0 Å². The summed E-state index contributed by atoms with van der Waals surface area (Å²) in [5.41, 5.74) is 8.18. The summed E-state index contributed by atoms with van der Waals surface area (Å²) in [5, 5.41) is 3.43. The summed E-state index contributed by atoms with van der Waals surface area (Å²) in [6, 6.07) is 12.1. The lowest BCUT2D eigenvalue weighted by Crippen LogP contribution is -2.44. The third-order valence-electron chi connectivity index (χ3n) is 4.36. The monoisotopic (exact) mass is 455 g/mol. The highest BCUT2D eigenvalue weighted by Crippen LogP contribution is 2.36. The van der Waals surface area contributed by atoms with Crippen molar-refractivity contribution in [3.8, 4) is 0 Å². The summed E-state index contributed by atoms with van der Waals surface area (Å²) in [6.45, 7) is 1.20. The molecular formula is C20H23Cl2N3O3S. The van der Waals surface area contributed by atoms with Gasteiger partial charge in [0, 0.05) is 34.9 Å². The fraction of sp³-hybridized carbons (Fsp3) is 0.300. The minimum Gasteiger partial charge on any atom is -0.383 e. The van der Waals surface area contributed by atoms with Crippen LogP contribution in [0.1, 0.15) is 15.9 Å². The number of nitrogens with one attached hydrogen (secondary N) is 1. The Kier molecular flexibility index (Phi) is 8.79. The second kappa shape index (κ2) is 10.8. The third kappa shape index (κ3) is 5.87. The van der Waals surface area contributed by atoms with Crippen LogP contribution in [0, 0.1) is 0 Å². The molecule has 6 nitrogen and oxygen atoms in total. The molecule has 2 aromatic rings. The maximum absolute atomic E-state index is 12.9. The molecule has 3 N–H and O–H groups in total. The summed E-state index contributed by atoms with van der Waals surface area (Å²) in [5.74, 6) is 0.109. The van der Waals surface area contributed by atoms with E-state index in [4.69, 9.17) is 22.1 Å². The second-order valence-corrected chi connectivity index (χ2v) is 7.90. The topological polar surface area (TPSA) is 84.7 Å².